The quantitative estimate of drug-likeness (QED) is 0.851. The molecule has 3 rings (SSSR count). The lowest BCUT2D eigenvalue weighted by Crippen LogP contribution is -2.23. The van der Waals surface area contributed by atoms with Gasteiger partial charge in [-0.05, 0) is 31.9 Å². The fraction of sp³-hybridized carbons (Fsp3) is 0.400. The van der Waals surface area contributed by atoms with Crippen molar-refractivity contribution in [1.29, 1.82) is 0 Å². The molecular formula is C15H16F2N4OS. The molecule has 1 aliphatic rings. The van der Waals surface area contributed by atoms with Crippen LogP contribution in [-0.2, 0) is 11.8 Å². The number of hydrogen-bond acceptors (Lipinski definition) is 4. The van der Waals surface area contributed by atoms with Gasteiger partial charge in [0.2, 0.25) is 5.91 Å². The Hall–Kier alpha value is -1.96. The summed E-state index contributed by atoms with van der Waals surface area (Å²) in [4.78, 5) is 12.2. The molecule has 0 saturated heterocycles. The number of rotatable bonds is 5. The van der Waals surface area contributed by atoms with Crippen LogP contribution in [0.15, 0.2) is 23.4 Å². The highest BCUT2D eigenvalue weighted by Crippen LogP contribution is 2.39. The van der Waals surface area contributed by atoms with Gasteiger partial charge in [0.05, 0.1) is 10.9 Å². The third-order valence-electron chi connectivity index (χ3n) is 3.65. The minimum absolute atomic E-state index is 0.0412. The molecule has 1 aromatic heterocycles. The largest absolute Gasteiger partial charge is 0.323 e. The molecule has 1 amide bonds. The number of thioether (sulfide) groups is 1. The first kappa shape index (κ1) is 15.9. The fourth-order valence-corrected chi connectivity index (χ4v) is 2.98. The Labute approximate surface area is 136 Å². The van der Waals surface area contributed by atoms with Crippen molar-refractivity contribution in [3.8, 4) is 0 Å². The maximum absolute atomic E-state index is 13.6. The Bertz CT molecular complexity index is 745. The normalized spacial score (nSPS) is 15.5. The van der Waals surface area contributed by atoms with Gasteiger partial charge in [0.15, 0.2) is 5.16 Å². The van der Waals surface area contributed by atoms with Gasteiger partial charge in [-0.25, -0.2) is 8.78 Å². The summed E-state index contributed by atoms with van der Waals surface area (Å²) in [6.45, 7) is 1.70. The van der Waals surface area contributed by atoms with Crippen LogP contribution in [0, 0.1) is 11.6 Å². The van der Waals surface area contributed by atoms with Crippen LogP contribution < -0.4 is 5.32 Å². The summed E-state index contributed by atoms with van der Waals surface area (Å²) in [5.74, 6) is -0.458. The van der Waals surface area contributed by atoms with Crippen molar-refractivity contribution in [3.05, 3.63) is 35.7 Å². The molecule has 1 atom stereocenters. The van der Waals surface area contributed by atoms with Crippen molar-refractivity contribution in [2.75, 3.05) is 5.32 Å². The number of benzene rings is 1. The molecule has 1 fully saturated rings. The minimum atomic E-state index is -0.801. The van der Waals surface area contributed by atoms with E-state index >= 15 is 0 Å². The van der Waals surface area contributed by atoms with Crippen LogP contribution in [0.1, 0.15) is 31.5 Å². The SMILES string of the molecule is C[C@H](Sc1nnc(C2CC2)n1C)C(=O)Nc1ccc(F)cc1F. The average Bonchev–Trinajstić information content (AvgIpc) is 3.28. The summed E-state index contributed by atoms with van der Waals surface area (Å²) >= 11 is 1.25. The number of carbonyl (C=O) groups excluding carboxylic acids is 1. The van der Waals surface area contributed by atoms with Gasteiger partial charge in [-0.15, -0.1) is 10.2 Å². The van der Waals surface area contributed by atoms with Crippen molar-refractivity contribution in [2.45, 2.75) is 36.1 Å². The summed E-state index contributed by atoms with van der Waals surface area (Å²) in [7, 11) is 1.88. The van der Waals surface area contributed by atoms with E-state index in [4.69, 9.17) is 0 Å². The van der Waals surface area contributed by atoms with Crippen molar-refractivity contribution in [1.82, 2.24) is 14.8 Å². The van der Waals surface area contributed by atoms with Gasteiger partial charge in [0.1, 0.15) is 17.5 Å². The lowest BCUT2D eigenvalue weighted by Gasteiger charge is -2.12. The van der Waals surface area contributed by atoms with Crippen LogP contribution in [0.25, 0.3) is 0 Å². The molecule has 2 aromatic rings. The molecule has 0 radical (unpaired) electrons. The Morgan fingerprint density at radius 1 is 1.39 bits per heavy atom. The first-order chi connectivity index (χ1) is 11.0. The van der Waals surface area contributed by atoms with E-state index in [0.29, 0.717) is 11.1 Å². The van der Waals surface area contributed by atoms with Crippen molar-refractivity contribution in [2.24, 2.45) is 7.05 Å². The number of amides is 1. The van der Waals surface area contributed by atoms with Gasteiger partial charge in [-0.3, -0.25) is 4.79 Å². The third-order valence-corrected chi connectivity index (χ3v) is 4.79. The number of anilines is 1. The molecule has 0 spiro atoms. The number of hydrogen-bond donors (Lipinski definition) is 1. The predicted octanol–water partition coefficient (Wildman–Crippen LogP) is 3.09. The molecule has 122 valence electrons. The Balaban J connectivity index is 1.65. The lowest BCUT2D eigenvalue weighted by molar-refractivity contribution is -0.115. The van der Waals surface area contributed by atoms with Gasteiger partial charge in [0.25, 0.3) is 0 Å². The highest BCUT2D eigenvalue weighted by molar-refractivity contribution is 8.00. The van der Waals surface area contributed by atoms with Crippen LogP contribution in [0.5, 0.6) is 0 Å². The summed E-state index contributed by atoms with van der Waals surface area (Å²) in [6.07, 6.45) is 2.24. The van der Waals surface area contributed by atoms with Crippen LogP contribution in [0.3, 0.4) is 0 Å². The monoisotopic (exact) mass is 338 g/mol. The molecule has 1 saturated carbocycles. The summed E-state index contributed by atoms with van der Waals surface area (Å²) in [6, 6.07) is 3.03. The van der Waals surface area contributed by atoms with Gasteiger partial charge >= 0.3 is 0 Å². The Kier molecular flexibility index (Phi) is 4.34. The Morgan fingerprint density at radius 2 is 2.13 bits per heavy atom. The summed E-state index contributed by atoms with van der Waals surface area (Å²) in [5, 5.41) is 10.9. The molecule has 0 aliphatic heterocycles. The van der Waals surface area contributed by atoms with E-state index in [0.717, 1.165) is 30.8 Å². The number of aromatic nitrogens is 3. The number of nitrogens with one attached hydrogen (secondary N) is 1. The second-order valence-electron chi connectivity index (χ2n) is 5.55. The van der Waals surface area contributed by atoms with E-state index in [9.17, 15) is 13.6 Å². The summed E-state index contributed by atoms with van der Waals surface area (Å²) < 4.78 is 28.3. The summed E-state index contributed by atoms with van der Waals surface area (Å²) in [5.41, 5.74) is -0.0412. The molecule has 1 aromatic carbocycles. The van der Waals surface area contributed by atoms with Gasteiger partial charge in [0, 0.05) is 19.0 Å². The maximum atomic E-state index is 13.6. The predicted molar refractivity (Wildman–Crippen MR) is 83.3 cm³/mol. The molecule has 8 heteroatoms. The smallest absolute Gasteiger partial charge is 0.237 e. The highest BCUT2D eigenvalue weighted by atomic mass is 32.2. The first-order valence-electron chi connectivity index (χ1n) is 7.27. The molecule has 0 unspecified atom stereocenters. The van der Waals surface area contributed by atoms with Gasteiger partial charge < -0.3 is 9.88 Å². The van der Waals surface area contributed by atoms with Gasteiger partial charge in [-0.2, -0.15) is 0 Å². The van der Waals surface area contributed by atoms with E-state index in [1.165, 1.54) is 17.8 Å². The first-order valence-corrected chi connectivity index (χ1v) is 8.15. The molecular weight excluding hydrogens is 322 g/mol. The van der Waals surface area contributed by atoms with Crippen molar-refractivity contribution >= 4 is 23.4 Å². The minimum Gasteiger partial charge on any atom is -0.323 e. The van der Waals surface area contributed by atoms with Gasteiger partial charge in [-0.1, -0.05) is 11.8 Å². The third kappa shape index (κ3) is 3.52. The molecule has 1 aliphatic carbocycles. The number of nitrogens with zero attached hydrogens (tertiary/aromatic N) is 3. The second-order valence-corrected chi connectivity index (χ2v) is 6.86. The molecule has 1 heterocycles. The zero-order valence-electron chi connectivity index (χ0n) is 12.7. The van der Waals surface area contributed by atoms with E-state index in [-0.39, 0.29) is 11.6 Å². The second kappa shape index (κ2) is 6.27. The van der Waals surface area contributed by atoms with Crippen LogP contribution in [0.4, 0.5) is 14.5 Å². The molecule has 5 nitrogen and oxygen atoms in total. The highest BCUT2D eigenvalue weighted by Gasteiger charge is 2.30. The lowest BCUT2D eigenvalue weighted by atomic mass is 10.3. The Morgan fingerprint density at radius 3 is 2.78 bits per heavy atom. The van der Waals surface area contributed by atoms with Crippen LogP contribution >= 0.6 is 11.8 Å². The average molecular weight is 338 g/mol. The van der Waals surface area contributed by atoms with E-state index in [1.807, 2.05) is 11.6 Å². The van der Waals surface area contributed by atoms with Crippen LogP contribution in [0.2, 0.25) is 0 Å². The van der Waals surface area contributed by atoms with Crippen molar-refractivity contribution < 1.29 is 13.6 Å². The molecule has 23 heavy (non-hydrogen) atoms. The fourth-order valence-electron chi connectivity index (χ4n) is 2.16. The zero-order valence-corrected chi connectivity index (χ0v) is 13.5. The van der Waals surface area contributed by atoms with Crippen LogP contribution in [-0.4, -0.2) is 25.9 Å². The number of halogens is 2. The zero-order chi connectivity index (χ0) is 16.6. The van der Waals surface area contributed by atoms with E-state index < -0.39 is 16.9 Å². The molecule has 0 bridgehead atoms. The maximum Gasteiger partial charge on any atom is 0.237 e. The topological polar surface area (TPSA) is 59.8 Å². The van der Waals surface area contributed by atoms with Crippen molar-refractivity contribution in [3.63, 3.8) is 0 Å². The standard InChI is InChI=1S/C15H16F2N4OS/c1-8(14(22)18-12-6-5-10(16)7-11(12)17)23-15-20-19-13(21(15)2)9-3-4-9/h5-9H,3-4H2,1-2H3,(H,18,22)/t8-/m0/s1. The number of carbonyl (C=O) groups is 1. The molecule has 1 N–H and O–H groups in total. The van der Waals surface area contributed by atoms with E-state index in [1.54, 1.807) is 6.92 Å². The van der Waals surface area contributed by atoms with E-state index in [2.05, 4.69) is 15.5 Å².